The maximum absolute atomic E-state index is 6.19. The molecule has 4 nitrogen and oxygen atoms in total. The van der Waals surface area contributed by atoms with Crippen LogP contribution >= 0.6 is 0 Å². The predicted octanol–water partition coefficient (Wildman–Crippen LogP) is 3.48. The molecule has 1 heterocycles. The average molecular weight is 286 g/mol. The first-order valence-corrected chi connectivity index (χ1v) is 7.42. The largest absolute Gasteiger partial charge is 0.496 e. The number of methoxy groups -OCH3 is 1. The minimum Gasteiger partial charge on any atom is -0.496 e. The minimum atomic E-state index is -0.0750. The van der Waals surface area contributed by atoms with E-state index in [0.29, 0.717) is 6.04 Å². The van der Waals surface area contributed by atoms with Crippen LogP contribution in [0.25, 0.3) is 0 Å². The summed E-state index contributed by atoms with van der Waals surface area (Å²) >= 11 is 0. The Bertz CT molecular complexity index is 589. The molecule has 1 aliphatic carbocycles. The molecular weight excluding hydrogens is 264 g/mol. The SMILES string of the molecule is COc1cccc(N(Cc2ccco2)C2CC2)c1C(C)N. The lowest BCUT2D eigenvalue weighted by Crippen LogP contribution is -2.27. The van der Waals surface area contributed by atoms with Crippen LogP contribution in [-0.4, -0.2) is 13.2 Å². The third kappa shape index (κ3) is 2.90. The molecule has 1 atom stereocenters. The van der Waals surface area contributed by atoms with E-state index in [4.69, 9.17) is 14.9 Å². The van der Waals surface area contributed by atoms with E-state index in [1.165, 1.54) is 12.8 Å². The van der Waals surface area contributed by atoms with Crippen LogP contribution in [0.1, 0.15) is 37.1 Å². The van der Waals surface area contributed by atoms with Crippen LogP contribution in [0.15, 0.2) is 41.0 Å². The topological polar surface area (TPSA) is 51.6 Å². The molecule has 0 amide bonds. The van der Waals surface area contributed by atoms with Gasteiger partial charge in [0, 0.05) is 23.3 Å². The number of benzene rings is 1. The van der Waals surface area contributed by atoms with E-state index in [1.54, 1.807) is 13.4 Å². The minimum absolute atomic E-state index is 0.0750. The third-order valence-corrected chi connectivity index (χ3v) is 3.92. The summed E-state index contributed by atoms with van der Waals surface area (Å²) in [4.78, 5) is 2.39. The second kappa shape index (κ2) is 5.82. The molecule has 0 saturated heterocycles. The first kappa shape index (κ1) is 14.0. The number of hydrogen-bond donors (Lipinski definition) is 1. The Hall–Kier alpha value is -1.94. The third-order valence-electron chi connectivity index (χ3n) is 3.92. The summed E-state index contributed by atoms with van der Waals surface area (Å²) in [7, 11) is 1.69. The number of ether oxygens (including phenoxy) is 1. The molecule has 3 rings (SSSR count). The summed E-state index contributed by atoms with van der Waals surface area (Å²) in [6, 6.07) is 10.6. The first-order chi connectivity index (χ1) is 10.2. The van der Waals surface area contributed by atoms with Gasteiger partial charge in [-0.2, -0.15) is 0 Å². The van der Waals surface area contributed by atoms with E-state index >= 15 is 0 Å². The summed E-state index contributed by atoms with van der Waals surface area (Å²) in [5.41, 5.74) is 8.42. The molecule has 1 aromatic heterocycles. The van der Waals surface area contributed by atoms with Gasteiger partial charge >= 0.3 is 0 Å². The van der Waals surface area contributed by atoms with E-state index in [2.05, 4.69) is 11.0 Å². The van der Waals surface area contributed by atoms with Crippen molar-refractivity contribution < 1.29 is 9.15 Å². The van der Waals surface area contributed by atoms with Gasteiger partial charge < -0.3 is 19.8 Å². The fraction of sp³-hybridized carbons (Fsp3) is 0.412. The molecule has 0 radical (unpaired) electrons. The molecule has 0 spiro atoms. The fourth-order valence-corrected chi connectivity index (χ4v) is 2.79. The molecule has 0 bridgehead atoms. The standard InChI is InChI=1S/C17H22N2O2/c1-12(18)17-15(6-3-7-16(17)20-2)19(13-8-9-13)11-14-5-4-10-21-14/h3-7,10,12-13H,8-9,11,18H2,1-2H3. The molecule has 1 aliphatic rings. The number of furan rings is 1. The van der Waals surface area contributed by atoms with Gasteiger partial charge in [-0.15, -0.1) is 0 Å². The van der Waals surface area contributed by atoms with Gasteiger partial charge in [0.05, 0.1) is 19.9 Å². The Balaban J connectivity index is 1.99. The van der Waals surface area contributed by atoms with E-state index in [-0.39, 0.29) is 6.04 Å². The number of rotatable bonds is 6. The van der Waals surface area contributed by atoms with Crippen molar-refractivity contribution in [1.29, 1.82) is 0 Å². The molecule has 1 unspecified atom stereocenters. The van der Waals surface area contributed by atoms with Gasteiger partial charge in [-0.05, 0) is 44.0 Å². The van der Waals surface area contributed by atoms with Crippen LogP contribution in [-0.2, 0) is 6.54 Å². The van der Waals surface area contributed by atoms with Crippen molar-refractivity contribution in [2.24, 2.45) is 5.73 Å². The summed E-state index contributed by atoms with van der Waals surface area (Å²) in [6.45, 7) is 2.77. The molecule has 1 aromatic carbocycles. The zero-order valence-electron chi connectivity index (χ0n) is 12.6. The maximum Gasteiger partial charge on any atom is 0.125 e. The fourth-order valence-electron chi connectivity index (χ4n) is 2.79. The van der Waals surface area contributed by atoms with E-state index in [1.807, 2.05) is 31.2 Å². The number of nitrogens with two attached hydrogens (primary N) is 1. The highest BCUT2D eigenvalue weighted by Gasteiger charge is 2.32. The molecule has 4 heteroatoms. The zero-order chi connectivity index (χ0) is 14.8. The van der Waals surface area contributed by atoms with Crippen LogP contribution in [0, 0.1) is 0 Å². The van der Waals surface area contributed by atoms with Gasteiger partial charge in [0.1, 0.15) is 11.5 Å². The second-order valence-corrected chi connectivity index (χ2v) is 5.62. The Kier molecular flexibility index (Phi) is 3.88. The van der Waals surface area contributed by atoms with Gasteiger partial charge in [0.15, 0.2) is 0 Å². The summed E-state index contributed by atoms with van der Waals surface area (Å²) in [5, 5.41) is 0. The van der Waals surface area contributed by atoms with Crippen molar-refractivity contribution in [2.75, 3.05) is 12.0 Å². The van der Waals surface area contributed by atoms with Crippen molar-refractivity contribution >= 4 is 5.69 Å². The smallest absolute Gasteiger partial charge is 0.125 e. The molecule has 1 fully saturated rings. The summed E-state index contributed by atoms with van der Waals surface area (Å²) in [6.07, 6.45) is 4.16. The van der Waals surface area contributed by atoms with E-state index in [0.717, 1.165) is 29.3 Å². The quantitative estimate of drug-likeness (QED) is 0.883. The molecule has 2 N–H and O–H groups in total. The number of nitrogens with zero attached hydrogens (tertiary/aromatic N) is 1. The highest BCUT2D eigenvalue weighted by molar-refractivity contribution is 5.62. The summed E-state index contributed by atoms with van der Waals surface area (Å²) in [5.74, 6) is 1.83. The van der Waals surface area contributed by atoms with Crippen LogP contribution in [0.5, 0.6) is 5.75 Å². The monoisotopic (exact) mass is 286 g/mol. The lowest BCUT2D eigenvalue weighted by molar-refractivity contribution is 0.406. The molecule has 112 valence electrons. The number of anilines is 1. The van der Waals surface area contributed by atoms with Gasteiger partial charge in [0.2, 0.25) is 0 Å². The lowest BCUT2D eigenvalue weighted by atomic mass is 10.0. The van der Waals surface area contributed by atoms with Crippen molar-refractivity contribution in [3.63, 3.8) is 0 Å². The Morgan fingerprint density at radius 3 is 2.71 bits per heavy atom. The Morgan fingerprint density at radius 1 is 1.33 bits per heavy atom. The molecular formula is C17H22N2O2. The molecule has 0 aliphatic heterocycles. The predicted molar refractivity (Wildman–Crippen MR) is 83.5 cm³/mol. The summed E-state index contributed by atoms with van der Waals surface area (Å²) < 4.78 is 11.0. The zero-order valence-corrected chi connectivity index (χ0v) is 12.6. The lowest BCUT2D eigenvalue weighted by Gasteiger charge is -2.28. The van der Waals surface area contributed by atoms with Gasteiger partial charge in [-0.25, -0.2) is 0 Å². The highest BCUT2D eigenvalue weighted by Crippen LogP contribution is 2.40. The van der Waals surface area contributed by atoms with Crippen molar-refractivity contribution in [2.45, 2.75) is 38.4 Å². The highest BCUT2D eigenvalue weighted by atomic mass is 16.5. The number of hydrogen-bond acceptors (Lipinski definition) is 4. The van der Waals surface area contributed by atoms with Crippen LogP contribution in [0.4, 0.5) is 5.69 Å². The van der Waals surface area contributed by atoms with Crippen molar-refractivity contribution in [1.82, 2.24) is 0 Å². The van der Waals surface area contributed by atoms with Crippen molar-refractivity contribution in [3.05, 3.63) is 47.9 Å². The van der Waals surface area contributed by atoms with E-state index in [9.17, 15) is 0 Å². The molecule has 2 aromatic rings. The van der Waals surface area contributed by atoms with Crippen LogP contribution < -0.4 is 15.4 Å². The normalized spacial score (nSPS) is 15.8. The first-order valence-electron chi connectivity index (χ1n) is 7.42. The molecule has 1 saturated carbocycles. The average Bonchev–Trinajstić information content (AvgIpc) is 3.20. The Morgan fingerprint density at radius 2 is 2.14 bits per heavy atom. The Labute approximate surface area is 125 Å². The van der Waals surface area contributed by atoms with Gasteiger partial charge in [-0.3, -0.25) is 0 Å². The maximum atomic E-state index is 6.19. The van der Waals surface area contributed by atoms with Gasteiger partial charge in [-0.1, -0.05) is 6.07 Å². The molecule has 21 heavy (non-hydrogen) atoms. The van der Waals surface area contributed by atoms with E-state index < -0.39 is 0 Å². The van der Waals surface area contributed by atoms with Crippen molar-refractivity contribution in [3.8, 4) is 5.75 Å². The van der Waals surface area contributed by atoms with Crippen LogP contribution in [0.2, 0.25) is 0 Å². The van der Waals surface area contributed by atoms with Gasteiger partial charge in [0.25, 0.3) is 0 Å². The second-order valence-electron chi connectivity index (χ2n) is 5.62. The van der Waals surface area contributed by atoms with Crippen LogP contribution in [0.3, 0.4) is 0 Å².